The van der Waals surface area contributed by atoms with Gasteiger partial charge in [0.2, 0.25) is 0 Å². The Morgan fingerprint density at radius 3 is 3.00 bits per heavy atom. The number of nitriles is 1. The monoisotopic (exact) mass is 244 g/mol. The quantitative estimate of drug-likeness (QED) is 0.858. The largest absolute Gasteiger partial charge is 0.369 e. The highest BCUT2D eigenvalue weighted by atomic mass is 15.3. The molecule has 0 bridgehead atoms. The number of piperazine rings is 1. The van der Waals surface area contributed by atoms with Crippen molar-refractivity contribution in [3.8, 4) is 6.07 Å². The first kappa shape index (κ1) is 12.9. The smallest absolute Gasteiger partial charge is 0.0992 e. The molecule has 1 atom stereocenters. The van der Waals surface area contributed by atoms with Gasteiger partial charge in [-0.25, -0.2) is 0 Å². The van der Waals surface area contributed by atoms with Crippen molar-refractivity contribution in [2.24, 2.45) is 0 Å². The van der Waals surface area contributed by atoms with Gasteiger partial charge in [0.15, 0.2) is 0 Å². The van der Waals surface area contributed by atoms with Gasteiger partial charge >= 0.3 is 0 Å². The maximum absolute atomic E-state index is 8.95. The van der Waals surface area contributed by atoms with Crippen molar-refractivity contribution < 1.29 is 0 Å². The highest BCUT2D eigenvalue weighted by Crippen LogP contribution is 2.19. The number of nitrogens with one attached hydrogen (secondary N) is 1. The molecule has 1 heterocycles. The zero-order valence-corrected chi connectivity index (χ0v) is 11.1. The van der Waals surface area contributed by atoms with Crippen LogP contribution in [0.2, 0.25) is 0 Å². The molecule has 0 saturated carbocycles. The first-order chi connectivity index (χ1) is 8.74. The van der Waals surface area contributed by atoms with Gasteiger partial charge in [0, 0.05) is 37.9 Å². The van der Waals surface area contributed by atoms with Gasteiger partial charge in [-0.15, -0.1) is 0 Å². The van der Waals surface area contributed by atoms with Crippen LogP contribution in [0.5, 0.6) is 0 Å². The van der Waals surface area contributed by atoms with E-state index in [-0.39, 0.29) is 0 Å². The first-order valence-corrected chi connectivity index (χ1v) is 6.34. The molecule has 18 heavy (non-hydrogen) atoms. The number of anilines is 1. The van der Waals surface area contributed by atoms with Crippen LogP contribution in [-0.4, -0.2) is 51.2 Å². The van der Waals surface area contributed by atoms with Crippen molar-refractivity contribution in [2.45, 2.75) is 6.04 Å². The Kier molecular flexibility index (Phi) is 4.19. The zero-order chi connectivity index (χ0) is 13.0. The van der Waals surface area contributed by atoms with E-state index >= 15 is 0 Å². The predicted octanol–water partition coefficient (Wildman–Crippen LogP) is 0.898. The van der Waals surface area contributed by atoms with Gasteiger partial charge in [-0.3, -0.25) is 4.90 Å². The van der Waals surface area contributed by atoms with Gasteiger partial charge in [0.1, 0.15) is 0 Å². The summed E-state index contributed by atoms with van der Waals surface area (Å²) in [6, 6.07) is 10.6. The van der Waals surface area contributed by atoms with E-state index in [1.54, 1.807) is 0 Å². The maximum atomic E-state index is 8.95. The minimum Gasteiger partial charge on any atom is -0.369 e. The van der Waals surface area contributed by atoms with Gasteiger partial charge in [0.05, 0.1) is 11.6 Å². The number of benzene rings is 1. The molecule has 1 saturated heterocycles. The summed E-state index contributed by atoms with van der Waals surface area (Å²) in [5.74, 6) is 0. The topological polar surface area (TPSA) is 42.3 Å². The lowest BCUT2D eigenvalue weighted by Crippen LogP contribution is -2.54. The summed E-state index contributed by atoms with van der Waals surface area (Å²) in [7, 11) is 4.16. The van der Waals surface area contributed by atoms with Crippen molar-refractivity contribution in [1.29, 1.82) is 5.26 Å². The lowest BCUT2D eigenvalue weighted by Gasteiger charge is -2.40. The molecule has 4 heteroatoms. The van der Waals surface area contributed by atoms with Crippen molar-refractivity contribution in [3.05, 3.63) is 29.8 Å². The third-order valence-electron chi connectivity index (χ3n) is 3.56. The minimum absolute atomic E-state index is 0.523. The molecule has 0 aromatic heterocycles. The molecule has 0 spiro atoms. The van der Waals surface area contributed by atoms with E-state index in [4.69, 9.17) is 5.26 Å². The predicted molar refractivity (Wildman–Crippen MR) is 73.7 cm³/mol. The molecule has 1 aliphatic rings. The summed E-state index contributed by atoms with van der Waals surface area (Å²) >= 11 is 0. The second-order valence-electron chi connectivity index (χ2n) is 4.80. The molecule has 1 N–H and O–H groups in total. The van der Waals surface area contributed by atoms with Crippen molar-refractivity contribution in [2.75, 3.05) is 45.2 Å². The van der Waals surface area contributed by atoms with E-state index in [2.05, 4.69) is 34.3 Å². The lowest BCUT2D eigenvalue weighted by molar-refractivity contribution is 0.216. The summed E-state index contributed by atoms with van der Waals surface area (Å²) in [5, 5.41) is 12.2. The highest BCUT2D eigenvalue weighted by molar-refractivity contribution is 5.52. The molecule has 0 radical (unpaired) electrons. The van der Waals surface area contributed by atoms with E-state index in [1.807, 2.05) is 25.2 Å². The number of nitrogens with zero attached hydrogens (tertiary/aromatic N) is 3. The Labute approximate surface area is 109 Å². The summed E-state index contributed by atoms with van der Waals surface area (Å²) in [4.78, 5) is 4.75. The van der Waals surface area contributed by atoms with E-state index in [0.717, 1.165) is 37.4 Å². The average molecular weight is 244 g/mol. The normalized spacial score (nSPS) is 20.7. The second kappa shape index (κ2) is 5.85. The van der Waals surface area contributed by atoms with Crippen LogP contribution in [0.1, 0.15) is 5.56 Å². The molecule has 1 aromatic carbocycles. The molecule has 96 valence electrons. The second-order valence-corrected chi connectivity index (χ2v) is 4.80. The summed E-state index contributed by atoms with van der Waals surface area (Å²) in [6.45, 7) is 4.08. The molecule has 1 unspecified atom stereocenters. The average Bonchev–Trinajstić information content (AvgIpc) is 2.41. The Hall–Kier alpha value is -1.57. The number of rotatable bonds is 3. The van der Waals surface area contributed by atoms with E-state index in [1.165, 1.54) is 0 Å². The summed E-state index contributed by atoms with van der Waals surface area (Å²) < 4.78 is 0. The van der Waals surface area contributed by atoms with Crippen molar-refractivity contribution >= 4 is 5.69 Å². The fourth-order valence-electron chi connectivity index (χ4n) is 2.41. The standard InChI is InChI=1S/C14H20N4/c1-16-10-14-11-18(7-6-17(14)2)13-5-3-4-12(8-13)9-15/h3-5,8,14,16H,6-7,10-11H2,1-2H3. The van der Waals surface area contributed by atoms with Crippen LogP contribution in [0.3, 0.4) is 0 Å². The Morgan fingerprint density at radius 1 is 1.44 bits per heavy atom. The van der Waals surface area contributed by atoms with Crippen LogP contribution in [0.25, 0.3) is 0 Å². The molecule has 1 aromatic rings. The highest BCUT2D eigenvalue weighted by Gasteiger charge is 2.23. The van der Waals surface area contributed by atoms with E-state index in [0.29, 0.717) is 6.04 Å². The minimum atomic E-state index is 0.523. The maximum Gasteiger partial charge on any atom is 0.0992 e. The van der Waals surface area contributed by atoms with Crippen LogP contribution in [0.4, 0.5) is 5.69 Å². The lowest BCUT2D eigenvalue weighted by atomic mass is 10.1. The SMILES string of the molecule is CNCC1CN(c2cccc(C#N)c2)CCN1C. The molecular weight excluding hydrogens is 224 g/mol. The fraction of sp³-hybridized carbons (Fsp3) is 0.500. The van der Waals surface area contributed by atoms with Gasteiger partial charge in [-0.1, -0.05) is 6.07 Å². The van der Waals surface area contributed by atoms with Crippen LogP contribution >= 0.6 is 0 Å². The Morgan fingerprint density at radius 2 is 2.28 bits per heavy atom. The van der Waals surface area contributed by atoms with Gasteiger partial charge in [-0.05, 0) is 32.3 Å². The van der Waals surface area contributed by atoms with Gasteiger partial charge < -0.3 is 10.2 Å². The van der Waals surface area contributed by atoms with Crippen LogP contribution in [0.15, 0.2) is 24.3 Å². The van der Waals surface area contributed by atoms with Crippen LogP contribution in [0, 0.1) is 11.3 Å². The number of hydrogen-bond acceptors (Lipinski definition) is 4. The molecule has 1 fully saturated rings. The molecule has 0 aliphatic carbocycles. The first-order valence-electron chi connectivity index (χ1n) is 6.34. The molecule has 0 amide bonds. The van der Waals surface area contributed by atoms with Crippen molar-refractivity contribution in [1.82, 2.24) is 10.2 Å². The summed E-state index contributed by atoms with van der Waals surface area (Å²) in [5.41, 5.74) is 1.89. The third kappa shape index (κ3) is 2.81. The van der Waals surface area contributed by atoms with Gasteiger partial charge in [-0.2, -0.15) is 5.26 Å². The zero-order valence-electron chi connectivity index (χ0n) is 11.1. The summed E-state index contributed by atoms with van der Waals surface area (Å²) in [6.07, 6.45) is 0. The van der Waals surface area contributed by atoms with Crippen molar-refractivity contribution in [3.63, 3.8) is 0 Å². The Balaban J connectivity index is 2.11. The molecule has 4 nitrogen and oxygen atoms in total. The van der Waals surface area contributed by atoms with Gasteiger partial charge in [0.25, 0.3) is 0 Å². The van der Waals surface area contributed by atoms with E-state index in [9.17, 15) is 0 Å². The number of hydrogen-bond donors (Lipinski definition) is 1. The number of likely N-dealkylation sites (N-methyl/N-ethyl adjacent to an activating group) is 2. The Bertz CT molecular complexity index is 438. The third-order valence-corrected chi connectivity index (χ3v) is 3.56. The van der Waals surface area contributed by atoms with E-state index < -0.39 is 0 Å². The fourth-order valence-corrected chi connectivity index (χ4v) is 2.41. The van der Waals surface area contributed by atoms with Crippen LogP contribution in [-0.2, 0) is 0 Å². The molecular formula is C14H20N4. The molecule has 1 aliphatic heterocycles. The molecule has 2 rings (SSSR count). The van der Waals surface area contributed by atoms with Crippen LogP contribution < -0.4 is 10.2 Å².